The molecule has 2 unspecified atom stereocenters. The minimum absolute atomic E-state index is 0.317. The number of carbonyl (C=O) groups excluding carboxylic acids is 2. The number of pyridine rings is 2. The van der Waals surface area contributed by atoms with Crippen molar-refractivity contribution in [3.05, 3.63) is 69.5 Å². The molecule has 2 atom stereocenters. The lowest BCUT2D eigenvalue weighted by Crippen LogP contribution is -2.86. The molecule has 0 spiro atoms. The third-order valence-electron chi connectivity index (χ3n) is 8.67. The first-order valence-corrected chi connectivity index (χ1v) is 15.5. The number of carbonyl (C=O) groups is 2. The molecular formula is C30H30Cl2N10O2. The van der Waals surface area contributed by atoms with E-state index in [0.717, 1.165) is 47.6 Å². The molecule has 2 aliphatic carbocycles. The number of aromatic nitrogens is 4. The van der Waals surface area contributed by atoms with Crippen LogP contribution in [0.25, 0.3) is 34.2 Å². The zero-order valence-electron chi connectivity index (χ0n) is 23.5. The first-order valence-electron chi connectivity index (χ1n) is 14.7. The summed E-state index contributed by atoms with van der Waals surface area (Å²) in [4.78, 5) is 42.3. The molecule has 2 saturated heterocycles. The van der Waals surface area contributed by atoms with Crippen LogP contribution >= 0.6 is 23.2 Å². The fraction of sp³-hybridized carbons (Fsp3) is 0.333. The minimum atomic E-state index is -1.31. The Morgan fingerprint density at radius 2 is 1.36 bits per heavy atom. The van der Waals surface area contributed by atoms with Gasteiger partial charge in [-0.2, -0.15) is 0 Å². The SMILES string of the molecule is O=C1NC(NCC2CC2)(C2(NCC3CC3)NC(=O)C(=Cc3c[nH]c4nc(Cl)ccc34)N2)NC1=Cc1c[nH]c2ncc(Cl)cc12. The van der Waals surface area contributed by atoms with E-state index in [1.807, 2.05) is 6.07 Å². The van der Waals surface area contributed by atoms with E-state index < -0.39 is 11.6 Å². The molecule has 2 aliphatic heterocycles. The molecule has 6 heterocycles. The number of halogens is 2. The first kappa shape index (κ1) is 27.4. The average Bonchev–Trinajstić information content (AvgIpc) is 3.89. The van der Waals surface area contributed by atoms with Gasteiger partial charge in [-0.05, 0) is 67.9 Å². The lowest BCUT2D eigenvalue weighted by atomic mass is 10.1. The van der Waals surface area contributed by atoms with Crippen LogP contribution in [0.1, 0.15) is 36.8 Å². The summed E-state index contributed by atoms with van der Waals surface area (Å²) in [6, 6.07) is 5.38. The van der Waals surface area contributed by atoms with E-state index >= 15 is 0 Å². The lowest BCUT2D eigenvalue weighted by Gasteiger charge is -2.46. The highest BCUT2D eigenvalue weighted by molar-refractivity contribution is 6.31. The van der Waals surface area contributed by atoms with Crippen LogP contribution in [-0.2, 0) is 9.59 Å². The van der Waals surface area contributed by atoms with Gasteiger partial charge in [0.25, 0.3) is 11.8 Å². The molecule has 4 fully saturated rings. The molecule has 226 valence electrons. The van der Waals surface area contributed by atoms with Crippen LogP contribution in [0.2, 0.25) is 10.2 Å². The van der Waals surface area contributed by atoms with Crippen molar-refractivity contribution in [2.45, 2.75) is 37.3 Å². The van der Waals surface area contributed by atoms with Crippen molar-refractivity contribution in [1.82, 2.24) is 51.8 Å². The summed E-state index contributed by atoms with van der Waals surface area (Å²) in [5.74, 6) is -2.29. The summed E-state index contributed by atoms with van der Waals surface area (Å²) >= 11 is 12.3. The molecule has 14 heteroatoms. The van der Waals surface area contributed by atoms with Crippen molar-refractivity contribution < 1.29 is 9.59 Å². The normalized spacial score (nSPS) is 26.9. The Morgan fingerprint density at radius 1 is 0.795 bits per heavy atom. The molecule has 2 amide bonds. The second-order valence-electron chi connectivity index (χ2n) is 12.0. The highest BCUT2D eigenvalue weighted by Crippen LogP contribution is 2.34. The van der Waals surface area contributed by atoms with Gasteiger partial charge < -0.3 is 31.2 Å². The maximum atomic E-state index is 13.7. The maximum absolute atomic E-state index is 13.7. The fourth-order valence-electron chi connectivity index (χ4n) is 5.86. The van der Waals surface area contributed by atoms with Gasteiger partial charge in [-0.1, -0.05) is 23.2 Å². The number of H-pyrrole nitrogens is 2. The van der Waals surface area contributed by atoms with Gasteiger partial charge in [-0.15, -0.1) is 0 Å². The third-order valence-corrected chi connectivity index (χ3v) is 9.09. The van der Waals surface area contributed by atoms with Crippen LogP contribution in [0.4, 0.5) is 0 Å². The fourth-order valence-corrected chi connectivity index (χ4v) is 6.17. The third kappa shape index (κ3) is 4.87. The standard InChI is InChI=1S/C30H30Cl2N10O2/c31-19-9-21-18(13-33-25(21)35-14-19)8-23-28(44)42-30(40-23,37-11-16-3-4-16)29(36-10-15-1-2-15)39-22(27(43)41-29)7-17-12-34-26-20(17)5-6-24(32)38-26/h5-9,12-16,36-37,39-40H,1-4,10-11H2,(H,33,35)(H,34,38)(H,41,43)(H,42,44). The molecule has 0 radical (unpaired) electrons. The van der Waals surface area contributed by atoms with Crippen LogP contribution in [-0.4, -0.2) is 56.4 Å². The van der Waals surface area contributed by atoms with Crippen molar-refractivity contribution in [3.8, 4) is 0 Å². The summed E-state index contributed by atoms with van der Waals surface area (Å²) in [7, 11) is 0. The zero-order valence-corrected chi connectivity index (χ0v) is 25.0. The van der Waals surface area contributed by atoms with Crippen LogP contribution in [0.15, 0.2) is 48.2 Å². The summed E-state index contributed by atoms with van der Waals surface area (Å²) < 4.78 is 0. The summed E-state index contributed by atoms with van der Waals surface area (Å²) in [6.07, 6.45) is 13.1. The van der Waals surface area contributed by atoms with Gasteiger partial charge in [0.2, 0.25) is 11.6 Å². The molecule has 4 aliphatic rings. The van der Waals surface area contributed by atoms with Gasteiger partial charge in [0, 0.05) is 53.6 Å². The van der Waals surface area contributed by atoms with Gasteiger partial charge >= 0.3 is 0 Å². The molecule has 2 saturated carbocycles. The van der Waals surface area contributed by atoms with Gasteiger partial charge in [0.05, 0.1) is 5.02 Å². The van der Waals surface area contributed by atoms with Crippen molar-refractivity contribution in [2.24, 2.45) is 11.8 Å². The molecule has 12 nitrogen and oxygen atoms in total. The Bertz CT molecular complexity index is 1890. The number of rotatable bonds is 9. The van der Waals surface area contributed by atoms with E-state index in [4.69, 9.17) is 23.2 Å². The maximum Gasteiger partial charge on any atom is 0.270 e. The van der Waals surface area contributed by atoms with Gasteiger partial charge in [0.15, 0.2) is 0 Å². The molecule has 4 aromatic heterocycles. The zero-order chi connectivity index (χ0) is 30.1. The van der Waals surface area contributed by atoms with E-state index in [0.29, 0.717) is 57.8 Å². The Balaban J connectivity index is 1.18. The van der Waals surface area contributed by atoms with E-state index in [2.05, 4.69) is 51.8 Å². The van der Waals surface area contributed by atoms with Crippen LogP contribution < -0.4 is 31.9 Å². The van der Waals surface area contributed by atoms with Crippen LogP contribution in [0.3, 0.4) is 0 Å². The number of hydrogen-bond acceptors (Lipinski definition) is 8. The van der Waals surface area contributed by atoms with E-state index in [-0.39, 0.29) is 11.8 Å². The summed E-state index contributed by atoms with van der Waals surface area (Å²) in [6.45, 7) is 1.29. The average molecular weight is 634 g/mol. The topological polar surface area (TPSA) is 164 Å². The monoisotopic (exact) mass is 632 g/mol. The number of nitrogens with one attached hydrogen (secondary N) is 8. The van der Waals surface area contributed by atoms with Crippen molar-refractivity contribution in [2.75, 3.05) is 13.1 Å². The van der Waals surface area contributed by atoms with E-state index in [9.17, 15) is 9.59 Å². The second-order valence-corrected chi connectivity index (χ2v) is 12.8. The molecule has 0 aromatic carbocycles. The minimum Gasteiger partial charge on any atom is -0.346 e. The van der Waals surface area contributed by atoms with Crippen molar-refractivity contribution in [1.29, 1.82) is 0 Å². The molecule has 8 N–H and O–H groups in total. The van der Waals surface area contributed by atoms with Gasteiger partial charge in [-0.25, -0.2) is 9.97 Å². The van der Waals surface area contributed by atoms with Crippen LogP contribution in [0, 0.1) is 11.8 Å². The quantitative estimate of drug-likeness (QED) is 0.103. The largest absolute Gasteiger partial charge is 0.346 e. The smallest absolute Gasteiger partial charge is 0.270 e. The molecule has 0 bridgehead atoms. The molecule has 4 aromatic rings. The highest BCUT2D eigenvalue weighted by Gasteiger charge is 2.62. The van der Waals surface area contributed by atoms with E-state index in [1.54, 1.807) is 42.9 Å². The second kappa shape index (κ2) is 10.2. The summed E-state index contributed by atoms with van der Waals surface area (Å²) in [5.41, 5.74) is 3.47. The molecular weight excluding hydrogens is 603 g/mol. The predicted octanol–water partition coefficient (Wildman–Crippen LogP) is 2.87. The number of fused-ring (bicyclic) bond motifs is 2. The van der Waals surface area contributed by atoms with Crippen molar-refractivity contribution in [3.63, 3.8) is 0 Å². The number of aromatic amines is 2. The molecule has 44 heavy (non-hydrogen) atoms. The number of nitrogens with zero attached hydrogens (tertiary/aromatic N) is 2. The lowest BCUT2D eigenvalue weighted by molar-refractivity contribution is -0.121. The van der Waals surface area contributed by atoms with E-state index in [1.165, 1.54) is 0 Å². The first-order chi connectivity index (χ1) is 21.3. The Hall–Kier alpha value is -4.10. The predicted molar refractivity (Wildman–Crippen MR) is 168 cm³/mol. The Labute approximate surface area is 261 Å². The molecule has 8 rings (SSSR count). The number of amides is 2. The highest BCUT2D eigenvalue weighted by atomic mass is 35.5. The van der Waals surface area contributed by atoms with Crippen molar-refractivity contribution >= 4 is 69.2 Å². The van der Waals surface area contributed by atoms with Gasteiger partial charge in [0.1, 0.15) is 27.8 Å². The summed E-state index contributed by atoms with van der Waals surface area (Å²) in [5, 5.41) is 22.9. The van der Waals surface area contributed by atoms with Crippen LogP contribution in [0.5, 0.6) is 0 Å². The Morgan fingerprint density at radius 3 is 1.95 bits per heavy atom. The number of hydrogen-bond donors (Lipinski definition) is 8. The van der Waals surface area contributed by atoms with Gasteiger partial charge in [-0.3, -0.25) is 20.2 Å². The Kier molecular flexibility index (Phi) is 6.38.